The quantitative estimate of drug-likeness (QED) is 0.687. The second-order valence-electron chi connectivity index (χ2n) is 6.71. The molecule has 1 fully saturated rings. The normalized spacial score (nSPS) is 21.5. The molecule has 124 valence electrons. The fourth-order valence-corrected chi connectivity index (χ4v) is 4.53. The second kappa shape index (κ2) is 5.96. The van der Waals surface area contributed by atoms with Gasteiger partial charge >= 0.3 is 0 Å². The van der Waals surface area contributed by atoms with Crippen molar-refractivity contribution in [1.29, 1.82) is 0 Å². The fraction of sp³-hybridized carbons (Fsp3) is 0.368. The summed E-state index contributed by atoms with van der Waals surface area (Å²) in [4.78, 5) is 16.6. The zero-order chi connectivity index (χ0) is 16.8. The van der Waals surface area contributed by atoms with Crippen LogP contribution in [0.1, 0.15) is 65.9 Å². The van der Waals surface area contributed by atoms with Crippen LogP contribution < -0.4 is 5.32 Å². The fourth-order valence-electron chi connectivity index (χ4n) is 4.16. The molecule has 0 spiro atoms. The minimum absolute atomic E-state index is 0.0855. The van der Waals surface area contributed by atoms with E-state index in [1.807, 2.05) is 0 Å². The van der Waals surface area contributed by atoms with Gasteiger partial charge in [-0.15, -0.1) is 0 Å². The summed E-state index contributed by atoms with van der Waals surface area (Å²) in [5, 5.41) is 3.33. The number of hydrogen-bond acceptors (Lipinski definition) is 3. The molecule has 0 amide bonds. The second-order valence-corrected chi connectivity index (χ2v) is 7.56. The van der Waals surface area contributed by atoms with Crippen LogP contribution in [0.15, 0.2) is 28.9 Å². The van der Waals surface area contributed by atoms with Crippen LogP contribution in [0.3, 0.4) is 0 Å². The molecule has 3 nitrogen and oxygen atoms in total. The maximum atomic E-state index is 13.4. The number of nitrogens with zero attached hydrogens (tertiary/aromatic N) is 1. The number of ketones is 1. The average molecular weight is 389 g/mol. The lowest BCUT2D eigenvalue weighted by molar-refractivity contribution is 0.101. The topological polar surface area (TPSA) is 42.0 Å². The first kappa shape index (κ1) is 15.8. The summed E-state index contributed by atoms with van der Waals surface area (Å²) in [6.45, 7) is 1.61. The number of pyridine rings is 1. The Balaban J connectivity index is 1.81. The molecule has 3 aliphatic carbocycles. The molecule has 0 unspecified atom stereocenters. The molecule has 0 saturated heterocycles. The monoisotopic (exact) mass is 388 g/mol. The number of carbonyl (C=O) groups excluding carboxylic acids is 1. The molecule has 24 heavy (non-hydrogen) atoms. The molecule has 1 heterocycles. The van der Waals surface area contributed by atoms with Crippen LogP contribution in [-0.2, 0) is 0 Å². The summed E-state index contributed by atoms with van der Waals surface area (Å²) in [6, 6.07) is 4.84. The van der Waals surface area contributed by atoms with E-state index in [9.17, 15) is 9.18 Å². The zero-order valence-electron chi connectivity index (χ0n) is 13.4. The van der Waals surface area contributed by atoms with E-state index < -0.39 is 0 Å². The van der Waals surface area contributed by atoms with Crippen molar-refractivity contribution in [1.82, 2.24) is 4.98 Å². The highest BCUT2D eigenvalue weighted by atomic mass is 79.9. The van der Waals surface area contributed by atoms with Gasteiger partial charge in [0.1, 0.15) is 11.6 Å². The van der Waals surface area contributed by atoms with Crippen LogP contribution in [0.4, 0.5) is 15.9 Å². The number of carbonyl (C=O) groups is 1. The van der Waals surface area contributed by atoms with Gasteiger partial charge in [-0.25, -0.2) is 9.37 Å². The summed E-state index contributed by atoms with van der Waals surface area (Å²) >= 11 is 3.22. The van der Waals surface area contributed by atoms with E-state index in [1.54, 1.807) is 25.3 Å². The Labute approximate surface area is 148 Å². The smallest absolute Gasteiger partial charge is 0.161 e. The van der Waals surface area contributed by atoms with Crippen LogP contribution >= 0.6 is 15.9 Å². The van der Waals surface area contributed by atoms with Crippen molar-refractivity contribution in [3.8, 4) is 0 Å². The first-order valence-electron chi connectivity index (χ1n) is 8.30. The Morgan fingerprint density at radius 2 is 1.88 bits per heavy atom. The van der Waals surface area contributed by atoms with E-state index in [0.29, 0.717) is 16.3 Å². The molecular formula is C19H18BrFN2O. The van der Waals surface area contributed by atoms with Crippen molar-refractivity contribution in [2.24, 2.45) is 0 Å². The first-order chi connectivity index (χ1) is 11.5. The summed E-state index contributed by atoms with van der Waals surface area (Å²) in [6.07, 6.45) is 6.32. The minimum atomic E-state index is -0.290. The molecule has 1 aromatic heterocycles. The maximum absolute atomic E-state index is 13.4. The van der Waals surface area contributed by atoms with Crippen molar-refractivity contribution in [3.05, 3.63) is 51.4 Å². The molecule has 1 aromatic carbocycles. The van der Waals surface area contributed by atoms with Gasteiger partial charge in [0.05, 0.1) is 4.47 Å². The lowest BCUT2D eigenvalue weighted by atomic mass is 9.66. The van der Waals surface area contributed by atoms with Crippen LogP contribution in [0.25, 0.3) is 0 Å². The molecule has 0 aliphatic heterocycles. The van der Waals surface area contributed by atoms with E-state index in [1.165, 1.54) is 17.2 Å². The first-order valence-corrected chi connectivity index (χ1v) is 9.09. The predicted molar refractivity (Wildman–Crippen MR) is 95.6 cm³/mol. The Kier molecular flexibility index (Phi) is 3.91. The molecule has 0 atom stereocenters. The molecule has 1 N–H and O–H groups in total. The molecule has 2 aromatic rings. The van der Waals surface area contributed by atoms with Crippen molar-refractivity contribution in [3.63, 3.8) is 0 Å². The van der Waals surface area contributed by atoms with Gasteiger partial charge in [-0.1, -0.05) is 0 Å². The molecule has 3 aliphatic rings. The number of hydrogen-bond donors (Lipinski definition) is 1. The summed E-state index contributed by atoms with van der Waals surface area (Å²) < 4.78 is 13.9. The van der Waals surface area contributed by atoms with Crippen LogP contribution in [0.5, 0.6) is 0 Å². The Bertz CT molecular complexity index is 828. The lowest BCUT2D eigenvalue weighted by Gasteiger charge is -2.40. The van der Waals surface area contributed by atoms with E-state index >= 15 is 0 Å². The van der Waals surface area contributed by atoms with Gasteiger partial charge in [0.15, 0.2) is 5.78 Å². The van der Waals surface area contributed by atoms with Crippen molar-refractivity contribution in [2.75, 3.05) is 5.32 Å². The highest BCUT2D eigenvalue weighted by Gasteiger charge is 2.37. The number of rotatable bonds is 3. The number of anilines is 2. The largest absolute Gasteiger partial charge is 0.340 e. The number of fused-ring (bicyclic) bond motifs is 2. The SMILES string of the molecule is CC(=O)c1cnc(Nc2ccc(F)c(Br)c2)c2c1C1CCC2CC1. The highest BCUT2D eigenvalue weighted by molar-refractivity contribution is 9.10. The summed E-state index contributed by atoms with van der Waals surface area (Å²) in [5.74, 6) is 1.53. The minimum Gasteiger partial charge on any atom is -0.340 e. The lowest BCUT2D eigenvalue weighted by Crippen LogP contribution is -2.25. The standard InChI is InChI=1S/C19H18BrFN2O/c1-10(24)14-9-22-19(23-13-6-7-16(21)15(20)8-13)18-12-4-2-11(3-5-12)17(14)18/h6-9,11-12H,2-5H2,1H3,(H,22,23). The van der Waals surface area contributed by atoms with Gasteiger partial charge in [-0.2, -0.15) is 0 Å². The average Bonchev–Trinajstić information content (AvgIpc) is 2.59. The van der Waals surface area contributed by atoms with E-state index in [2.05, 4.69) is 26.2 Å². The Hall–Kier alpha value is -1.75. The number of benzene rings is 1. The Morgan fingerprint density at radius 3 is 2.50 bits per heavy atom. The predicted octanol–water partition coefficient (Wildman–Crippen LogP) is 5.68. The van der Waals surface area contributed by atoms with Gasteiger partial charge in [0.25, 0.3) is 0 Å². The van der Waals surface area contributed by atoms with E-state index in [-0.39, 0.29) is 11.6 Å². The molecule has 5 rings (SSSR count). The van der Waals surface area contributed by atoms with E-state index in [4.69, 9.17) is 0 Å². The highest BCUT2D eigenvalue weighted by Crippen LogP contribution is 2.52. The van der Waals surface area contributed by atoms with Crippen molar-refractivity contribution < 1.29 is 9.18 Å². The van der Waals surface area contributed by atoms with Crippen LogP contribution in [-0.4, -0.2) is 10.8 Å². The number of halogens is 2. The molecule has 2 bridgehead atoms. The number of nitrogens with one attached hydrogen (secondary N) is 1. The third kappa shape index (κ3) is 2.55. The number of aromatic nitrogens is 1. The van der Waals surface area contributed by atoms with Crippen molar-refractivity contribution in [2.45, 2.75) is 44.4 Å². The van der Waals surface area contributed by atoms with Crippen LogP contribution in [0, 0.1) is 5.82 Å². The summed E-state index contributed by atoms with van der Waals surface area (Å²) in [7, 11) is 0. The Morgan fingerprint density at radius 1 is 1.21 bits per heavy atom. The van der Waals surface area contributed by atoms with Gasteiger partial charge in [0.2, 0.25) is 0 Å². The zero-order valence-corrected chi connectivity index (χ0v) is 15.0. The molecule has 0 radical (unpaired) electrons. The molecule has 5 heteroatoms. The number of Topliss-reactive ketones (excluding diaryl/α,β-unsaturated/α-hetero) is 1. The third-order valence-electron chi connectivity index (χ3n) is 5.26. The van der Waals surface area contributed by atoms with E-state index in [0.717, 1.165) is 42.8 Å². The summed E-state index contributed by atoms with van der Waals surface area (Å²) in [5.41, 5.74) is 3.95. The van der Waals surface area contributed by atoms with Gasteiger partial charge in [-0.05, 0) is 84.1 Å². The third-order valence-corrected chi connectivity index (χ3v) is 5.87. The van der Waals surface area contributed by atoms with Gasteiger partial charge in [0, 0.05) is 23.0 Å². The maximum Gasteiger partial charge on any atom is 0.161 e. The van der Waals surface area contributed by atoms with Gasteiger partial charge < -0.3 is 5.32 Å². The van der Waals surface area contributed by atoms with Crippen LogP contribution in [0.2, 0.25) is 0 Å². The molecular weight excluding hydrogens is 371 g/mol. The van der Waals surface area contributed by atoms with Crippen molar-refractivity contribution >= 4 is 33.2 Å². The molecule has 1 saturated carbocycles. The van der Waals surface area contributed by atoms with Gasteiger partial charge in [-0.3, -0.25) is 4.79 Å².